The zero-order valence-corrected chi connectivity index (χ0v) is 18.5. The third-order valence-electron chi connectivity index (χ3n) is 7.62. The lowest BCUT2D eigenvalue weighted by molar-refractivity contribution is -0.177. The van der Waals surface area contributed by atoms with Crippen molar-refractivity contribution >= 4 is 16.9 Å². The van der Waals surface area contributed by atoms with E-state index < -0.39 is 0 Å². The average Bonchev–Trinajstić information content (AvgIpc) is 3.17. The lowest BCUT2D eigenvalue weighted by Gasteiger charge is -2.56. The van der Waals surface area contributed by atoms with Crippen molar-refractivity contribution < 1.29 is 14.3 Å². The molecule has 6 heteroatoms. The van der Waals surface area contributed by atoms with Gasteiger partial charge in [-0.15, -0.1) is 0 Å². The average molecular weight is 432 g/mol. The standard InChI is InChI=1S/C26H29N3O3/c1-17-23(25(30)31-16-18-6-4-11-27-15-18)24-20-14-19-7-5-13-29-12-3-2-10-26(19,29)32-22(20)9-8-21(24)28-17/h4,6,8-9,11,15,19,28H,2-3,5,7,10,12-14,16H2,1H3. The Morgan fingerprint density at radius 3 is 3.06 bits per heavy atom. The minimum atomic E-state index is -0.297. The monoisotopic (exact) mass is 431 g/mol. The molecule has 0 aliphatic carbocycles. The Morgan fingerprint density at radius 1 is 1.28 bits per heavy atom. The van der Waals surface area contributed by atoms with Gasteiger partial charge in [-0.05, 0) is 57.2 Å². The van der Waals surface area contributed by atoms with Crippen LogP contribution in [0.5, 0.6) is 5.75 Å². The van der Waals surface area contributed by atoms with Gasteiger partial charge < -0.3 is 14.5 Å². The largest absolute Gasteiger partial charge is 0.472 e. The van der Waals surface area contributed by atoms with Gasteiger partial charge in [-0.2, -0.15) is 0 Å². The summed E-state index contributed by atoms with van der Waals surface area (Å²) >= 11 is 0. The highest BCUT2D eigenvalue weighted by Crippen LogP contribution is 2.50. The molecule has 3 aliphatic rings. The quantitative estimate of drug-likeness (QED) is 0.606. The SMILES string of the molecule is Cc1[nH]c2ccc3c(c2c1C(=O)OCc1cccnc1)CC1CCCN2CCCCC12O3. The van der Waals surface area contributed by atoms with Crippen LogP contribution < -0.4 is 4.74 Å². The maximum Gasteiger partial charge on any atom is 0.340 e. The van der Waals surface area contributed by atoms with Crippen LogP contribution >= 0.6 is 0 Å². The summed E-state index contributed by atoms with van der Waals surface area (Å²) < 4.78 is 12.6. The Bertz CT molecular complexity index is 1170. The van der Waals surface area contributed by atoms with Crippen molar-refractivity contribution in [2.24, 2.45) is 5.92 Å². The summed E-state index contributed by atoms with van der Waals surface area (Å²) in [5.41, 5.74) is 4.33. The molecule has 0 radical (unpaired) electrons. The summed E-state index contributed by atoms with van der Waals surface area (Å²) in [5, 5.41) is 0.971. The van der Waals surface area contributed by atoms with Crippen LogP contribution in [-0.4, -0.2) is 39.7 Å². The number of nitrogens with one attached hydrogen (secondary N) is 1. The van der Waals surface area contributed by atoms with E-state index in [0.29, 0.717) is 11.5 Å². The molecule has 1 N–H and O–H groups in total. The minimum absolute atomic E-state index is 0.163. The fraction of sp³-hybridized carbons (Fsp3) is 0.462. The highest BCUT2D eigenvalue weighted by molar-refractivity contribution is 6.07. The van der Waals surface area contributed by atoms with Crippen LogP contribution in [0.25, 0.3) is 10.9 Å². The Kier molecular flexibility index (Phi) is 4.72. The number of hydrogen-bond acceptors (Lipinski definition) is 5. The second-order valence-electron chi connectivity index (χ2n) is 9.46. The van der Waals surface area contributed by atoms with Crippen molar-refractivity contribution in [2.45, 2.75) is 57.8 Å². The number of fused-ring (bicyclic) bond motifs is 3. The first-order valence-electron chi connectivity index (χ1n) is 11.8. The molecular formula is C26H29N3O3. The molecule has 166 valence electrons. The molecule has 5 heterocycles. The van der Waals surface area contributed by atoms with Gasteiger partial charge >= 0.3 is 5.97 Å². The smallest absolute Gasteiger partial charge is 0.340 e. The summed E-state index contributed by atoms with van der Waals surface area (Å²) in [5.74, 6) is 1.10. The summed E-state index contributed by atoms with van der Waals surface area (Å²) in [6.07, 6.45) is 10.4. The van der Waals surface area contributed by atoms with Gasteiger partial charge in [-0.3, -0.25) is 9.88 Å². The zero-order valence-electron chi connectivity index (χ0n) is 18.5. The Morgan fingerprint density at radius 2 is 2.19 bits per heavy atom. The van der Waals surface area contributed by atoms with E-state index in [9.17, 15) is 4.79 Å². The lowest BCUT2D eigenvalue weighted by atomic mass is 9.74. The molecule has 3 aromatic rings. The summed E-state index contributed by atoms with van der Waals surface area (Å²) in [4.78, 5) is 23.3. The number of H-pyrrole nitrogens is 1. The second kappa shape index (κ2) is 7.62. The molecular weight excluding hydrogens is 402 g/mol. The van der Waals surface area contributed by atoms with Crippen LogP contribution in [0.1, 0.15) is 59.3 Å². The van der Waals surface area contributed by atoms with Gasteiger partial charge in [0.15, 0.2) is 5.72 Å². The van der Waals surface area contributed by atoms with E-state index in [1.54, 1.807) is 12.4 Å². The van der Waals surface area contributed by atoms with E-state index in [2.05, 4.69) is 20.9 Å². The van der Waals surface area contributed by atoms with E-state index >= 15 is 0 Å². The normalized spacial score (nSPS) is 24.8. The summed E-state index contributed by atoms with van der Waals surface area (Å²) in [6, 6.07) is 7.90. The maximum atomic E-state index is 13.2. The number of carbonyl (C=O) groups excluding carboxylic acids is 1. The lowest BCUT2D eigenvalue weighted by Crippen LogP contribution is -2.64. The van der Waals surface area contributed by atoms with Crippen LogP contribution in [0.3, 0.4) is 0 Å². The van der Waals surface area contributed by atoms with Crippen LogP contribution in [-0.2, 0) is 17.8 Å². The number of nitrogens with zero attached hydrogens (tertiary/aromatic N) is 2. The van der Waals surface area contributed by atoms with Crippen molar-refractivity contribution in [3.05, 3.63) is 59.0 Å². The first-order valence-corrected chi connectivity index (χ1v) is 11.8. The van der Waals surface area contributed by atoms with Crippen molar-refractivity contribution in [3.8, 4) is 5.75 Å². The molecule has 1 spiro atoms. The summed E-state index contributed by atoms with van der Waals surface area (Å²) in [7, 11) is 0. The third kappa shape index (κ3) is 3.04. The molecule has 2 saturated heterocycles. The summed E-state index contributed by atoms with van der Waals surface area (Å²) in [6.45, 7) is 4.42. The number of ether oxygens (including phenoxy) is 2. The number of aromatic nitrogens is 2. The van der Waals surface area contributed by atoms with E-state index in [0.717, 1.165) is 59.4 Å². The number of benzene rings is 1. The van der Waals surface area contributed by atoms with E-state index in [1.807, 2.05) is 25.1 Å². The van der Waals surface area contributed by atoms with Crippen LogP contribution in [0.2, 0.25) is 0 Å². The molecule has 2 unspecified atom stereocenters. The molecule has 2 aromatic heterocycles. The van der Waals surface area contributed by atoms with Crippen LogP contribution in [0, 0.1) is 12.8 Å². The number of rotatable bonds is 3. The van der Waals surface area contributed by atoms with Gasteiger partial charge in [0.25, 0.3) is 0 Å². The van der Waals surface area contributed by atoms with Gasteiger partial charge in [0.2, 0.25) is 0 Å². The first-order chi connectivity index (χ1) is 15.7. The first kappa shape index (κ1) is 19.8. The van der Waals surface area contributed by atoms with Crippen molar-refractivity contribution in [1.82, 2.24) is 14.9 Å². The van der Waals surface area contributed by atoms with E-state index in [4.69, 9.17) is 9.47 Å². The van der Waals surface area contributed by atoms with Crippen LogP contribution in [0.15, 0.2) is 36.7 Å². The number of hydrogen-bond donors (Lipinski definition) is 1. The number of piperidine rings is 2. The minimum Gasteiger partial charge on any atom is -0.472 e. The molecule has 32 heavy (non-hydrogen) atoms. The number of esters is 1. The van der Waals surface area contributed by atoms with Crippen molar-refractivity contribution in [3.63, 3.8) is 0 Å². The Hall–Kier alpha value is -2.86. The third-order valence-corrected chi connectivity index (χ3v) is 7.62. The zero-order chi connectivity index (χ0) is 21.7. The maximum absolute atomic E-state index is 13.2. The molecule has 6 nitrogen and oxygen atoms in total. The molecule has 0 bridgehead atoms. The second-order valence-corrected chi connectivity index (χ2v) is 9.46. The topological polar surface area (TPSA) is 67.5 Å². The molecule has 6 rings (SSSR count). The molecule has 3 aliphatic heterocycles. The van der Waals surface area contributed by atoms with E-state index in [-0.39, 0.29) is 18.3 Å². The van der Waals surface area contributed by atoms with Gasteiger partial charge in [0, 0.05) is 65.5 Å². The fourth-order valence-electron chi connectivity index (χ4n) is 6.17. The van der Waals surface area contributed by atoms with Crippen molar-refractivity contribution in [2.75, 3.05) is 13.1 Å². The Labute approximate surface area is 187 Å². The van der Waals surface area contributed by atoms with Crippen molar-refractivity contribution in [1.29, 1.82) is 0 Å². The fourth-order valence-corrected chi connectivity index (χ4v) is 6.17. The Balaban J connectivity index is 1.38. The van der Waals surface area contributed by atoms with Crippen LogP contribution in [0.4, 0.5) is 0 Å². The van der Waals surface area contributed by atoms with E-state index in [1.165, 1.54) is 25.7 Å². The molecule has 0 saturated carbocycles. The predicted molar refractivity (Wildman–Crippen MR) is 122 cm³/mol. The highest BCUT2D eigenvalue weighted by atomic mass is 16.5. The number of pyridine rings is 1. The number of aryl methyl sites for hydroxylation is 1. The van der Waals surface area contributed by atoms with Gasteiger partial charge in [0.1, 0.15) is 12.4 Å². The van der Waals surface area contributed by atoms with Gasteiger partial charge in [0.05, 0.1) is 5.56 Å². The molecule has 2 fully saturated rings. The molecule has 2 atom stereocenters. The van der Waals surface area contributed by atoms with Gasteiger partial charge in [-0.25, -0.2) is 4.79 Å². The molecule has 1 aromatic carbocycles. The van der Waals surface area contributed by atoms with Gasteiger partial charge in [-0.1, -0.05) is 6.07 Å². The molecule has 0 amide bonds. The number of aromatic amines is 1. The number of carbonyl (C=O) groups is 1. The highest BCUT2D eigenvalue weighted by Gasteiger charge is 2.52. The predicted octanol–water partition coefficient (Wildman–Crippen LogP) is 4.76.